The fourth-order valence-corrected chi connectivity index (χ4v) is 2.66. The normalized spacial score (nSPS) is 18.1. The predicted molar refractivity (Wildman–Crippen MR) is 78.3 cm³/mol. The average Bonchev–Trinajstić information content (AvgIpc) is 3.15. The van der Waals surface area contributed by atoms with E-state index in [4.69, 9.17) is 4.74 Å². The molecule has 22 heavy (non-hydrogen) atoms. The van der Waals surface area contributed by atoms with E-state index in [1.807, 2.05) is 0 Å². The minimum Gasteiger partial charge on any atom is -0.381 e. The number of benzene rings is 2. The molecule has 0 radical (unpaired) electrons. The highest BCUT2D eigenvalue weighted by molar-refractivity contribution is 6.03. The summed E-state index contributed by atoms with van der Waals surface area (Å²) in [6.07, 6.45) is 0.703. The van der Waals surface area contributed by atoms with Crippen molar-refractivity contribution in [2.75, 3.05) is 18.6 Å². The largest absolute Gasteiger partial charge is 0.381 e. The van der Waals surface area contributed by atoms with E-state index in [0.29, 0.717) is 30.7 Å². The first-order chi connectivity index (χ1) is 10.7. The SMILES string of the molecule is O=C(Nn1nc2ccc3cc(F)ccc3c2n1)C1CCOC1. The van der Waals surface area contributed by atoms with Gasteiger partial charge in [0.1, 0.15) is 16.9 Å². The molecule has 0 aliphatic carbocycles. The fraction of sp³-hybridized carbons (Fsp3) is 0.267. The van der Waals surface area contributed by atoms with Crippen LogP contribution in [0.4, 0.5) is 4.39 Å². The summed E-state index contributed by atoms with van der Waals surface area (Å²) in [5.74, 6) is -0.623. The van der Waals surface area contributed by atoms with Crippen LogP contribution in [0, 0.1) is 11.7 Å². The van der Waals surface area contributed by atoms with E-state index in [-0.39, 0.29) is 17.6 Å². The van der Waals surface area contributed by atoms with Gasteiger partial charge in [-0.25, -0.2) is 9.82 Å². The third-order valence-corrected chi connectivity index (χ3v) is 3.84. The van der Waals surface area contributed by atoms with Crippen LogP contribution >= 0.6 is 0 Å². The standard InChI is InChI=1S/C15H13FN4O2/c16-11-2-3-12-9(7-11)1-4-13-14(12)18-20(17-13)19-15(21)10-5-6-22-8-10/h1-4,7,10H,5-6,8H2,(H,19,21). The van der Waals surface area contributed by atoms with E-state index in [9.17, 15) is 9.18 Å². The van der Waals surface area contributed by atoms with Crippen LogP contribution < -0.4 is 5.43 Å². The lowest BCUT2D eigenvalue weighted by atomic mass is 10.1. The maximum absolute atomic E-state index is 13.3. The Bertz CT molecular complexity index is 870. The van der Waals surface area contributed by atoms with Crippen molar-refractivity contribution in [3.05, 3.63) is 36.1 Å². The lowest BCUT2D eigenvalue weighted by Crippen LogP contribution is -2.31. The molecule has 1 atom stereocenters. The predicted octanol–water partition coefficient (Wildman–Crippen LogP) is 1.83. The number of carbonyl (C=O) groups is 1. The highest BCUT2D eigenvalue weighted by Crippen LogP contribution is 2.23. The zero-order valence-corrected chi connectivity index (χ0v) is 11.6. The molecule has 6 nitrogen and oxygen atoms in total. The second kappa shape index (κ2) is 5.03. The monoisotopic (exact) mass is 300 g/mol. The number of nitrogens with one attached hydrogen (secondary N) is 1. The Kier molecular flexibility index (Phi) is 3.00. The van der Waals surface area contributed by atoms with E-state index >= 15 is 0 Å². The minimum absolute atomic E-state index is 0.159. The zero-order valence-electron chi connectivity index (χ0n) is 11.6. The molecule has 112 valence electrons. The molecular weight excluding hydrogens is 287 g/mol. The van der Waals surface area contributed by atoms with Crippen LogP contribution in [0.1, 0.15) is 6.42 Å². The summed E-state index contributed by atoms with van der Waals surface area (Å²) in [6, 6.07) is 8.04. The van der Waals surface area contributed by atoms with Crippen LogP contribution in [0.2, 0.25) is 0 Å². The molecule has 0 bridgehead atoms. The van der Waals surface area contributed by atoms with Crippen LogP contribution in [-0.2, 0) is 9.53 Å². The Balaban J connectivity index is 1.70. The Morgan fingerprint density at radius 3 is 3.05 bits per heavy atom. The molecule has 1 aromatic heterocycles. The van der Waals surface area contributed by atoms with E-state index < -0.39 is 0 Å². The van der Waals surface area contributed by atoms with Gasteiger partial charge >= 0.3 is 0 Å². The van der Waals surface area contributed by atoms with E-state index in [0.717, 1.165) is 10.8 Å². The number of hydrogen-bond acceptors (Lipinski definition) is 4. The lowest BCUT2D eigenvalue weighted by Gasteiger charge is -2.06. The molecule has 4 rings (SSSR count). The first-order valence-corrected chi connectivity index (χ1v) is 7.05. The molecular formula is C15H13FN4O2. The van der Waals surface area contributed by atoms with Crippen molar-refractivity contribution >= 4 is 27.7 Å². The van der Waals surface area contributed by atoms with Gasteiger partial charge in [-0.15, -0.1) is 10.2 Å². The van der Waals surface area contributed by atoms with E-state index in [1.54, 1.807) is 18.2 Å². The Labute approximate surface area is 124 Å². The molecule has 1 unspecified atom stereocenters. The van der Waals surface area contributed by atoms with Crippen molar-refractivity contribution in [3.8, 4) is 0 Å². The first-order valence-electron chi connectivity index (χ1n) is 7.05. The Morgan fingerprint density at radius 1 is 1.32 bits per heavy atom. The van der Waals surface area contributed by atoms with Gasteiger partial charge < -0.3 is 4.74 Å². The number of hydrogen-bond donors (Lipinski definition) is 1. The number of fused-ring (bicyclic) bond motifs is 3. The molecule has 1 fully saturated rings. The molecule has 3 aromatic rings. The summed E-state index contributed by atoms with van der Waals surface area (Å²) >= 11 is 0. The van der Waals surface area contributed by atoms with Crippen LogP contribution in [-0.4, -0.2) is 34.2 Å². The van der Waals surface area contributed by atoms with Gasteiger partial charge in [-0.3, -0.25) is 4.79 Å². The third kappa shape index (κ3) is 2.19. The van der Waals surface area contributed by atoms with Crippen LogP contribution in [0.3, 0.4) is 0 Å². The molecule has 2 heterocycles. The molecule has 0 saturated carbocycles. The van der Waals surface area contributed by atoms with Crippen LogP contribution in [0.25, 0.3) is 21.8 Å². The van der Waals surface area contributed by atoms with Crippen LogP contribution in [0.15, 0.2) is 30.3 Å². The number of rotatable bonds is 2. The van der Waals surface area contributed by atoms with Gasteiger partial charge in [-0.1, -0.05) is 11.0 Å². The molecule has 1 aliphatic rings. The van der Waals surface area contributed by atoms with Crippen molar-refractivity contribution in [3.63, 3.8) is 0 Å². The zero-order chi connectivity index (χ0) is 15.1. The van der Waals surface area contributed by atoms with Gasteiger partial charge in [-0.2, -0.15) is 0 Å². The number of amides is 1. The number of carbonyl (C=O) groups excluding carboxylic acids is 1. The van der Waals surface area contributed by atoms with Gasteiger partial charge in [0.15, 0.2) is 0 Å². The number of halogens is 1. The molecule has 1 saturated heterocycles. The topological polar surface area (TPSA) is 69.0 Å². The summed E-state index contributed by atoms with van der Waals surface area (Å²) in [6.45, 7) is 1.03. The second-order valence-corrected chi connectivity index (χ2v) is 5.32. The maximum atomic E-state index is 13.3. The van der Waals surface area contributed by atoms with Crippen molar-refractivity contribution in [1.29, 1.82) is 0 Å². The van der Waals surface area contributed by atoms with Gasteiger partial charge in [0.25, 0.3) is 0 Å². The highest BCUT2D eigenvalue weighted by atomic mass is 19.1. The molecule has 1 amide bonds. The fourth-order valence-electron chi connectivity index (χ4n) is 2.66. The van der Waals surface area contributed by atoms with Crippen molar-refractivity contribution < 1.29 is 13.9 Å². The summed E-state index contributed by atoms with van der Waals surface area (Å²) in [5.41, 5.74) is 3.92. The number of aromatic nitrogens is 3. The van der Waals surface area contributed by atoms with E-state index in [2.05, 4.69) is 15.6 Å². The van der Waals surface area contributed by atoms with Crippen molar-refractivity contribution in [1.82, 2.24) is 15.1 Å². The van der Waals surface area contributed by atoms with Gasteiger partial charge in [0.05, 0.1) is 12.5 Å². The molecule has 7 heteroatoms. The second-order valence-electron chi connectivity index (χ2n) is 5.32. The smallest absolute Gasteiger partial charge is 0.246 e. The number of nitrogens with zero attached hydrogens (tertiary/aromatic N) is 3. The molecule has 1 N–H and O–H groups in total. The molecule has 2 aromatic carbocycles. The minimum atomic E-state index is -0.297. The van der Waals surface area contributed by atoms with Gasteiger partial charge in [0, 0.05) is 12.0 Å². The van der Waals surface area contributed by atoms with Crippen LogP contribution in [0.5, 0.6) is 0 Å². The summed E-state index contributed by atoms with van der Waals surface area (Å²) in [7, 11) is 0. The lowest BCUT2D eigenvalue weighted by molar-refractivity contribution is -0.121. The van der Waals surface area contributed by atoms with E-state index in [1.165, 1.54) is 17.0 Å². The quantitative estimate of drug-likeness (QED) is 0.784. The average molecular weight is 300 g/mol. The maximum Gasteiger partial charge on any atom is 0.246 e. The molecule has 0 spiro atoms. The Hall–Kier alpha value is -2.54. The summed E-state index contributed by atoms with van der Waals surface area (Å²) in [5, 5.41) is 10.1. The van der Waals surface area contributed by atoms with Gasteiger partial charge in [-0.05, 0) is 36.1 Å². The Morgan fingerprint density at radius 2 is 2.23 bits per heavy atom. The summed E-state index contributed by atoms with van der Waals surface area (Å²) < 4.78 is 18.5. The first kappa shape index (κ1) is 13.1. The highest BCUT2D eigenvalue weighted by Gasteiger charge is 2.24. The van der Waals surface area contributed by atoms with Crippen molar-refractivity contribution in [2.45, 2.75) is 6.42 Å². The van der Waals surface area contributed by atoms with Crippen molar-refractivity contribution in [2.24, 2.45) is 5.92 Å². The van der Waals surface area contributed by atoms with Gasteiger partial charge in [0.2, 0.25) is 5.91 Å². The summed E-state index contributed by atoms with van der Waals surface area (Å²) in [4.78, 5) is 13.2. The third-order valence-electron chi connectivity index (χ3n) is 3.84. The molecule has 1 aliphatic heterocycles. The number of ether oxygens (including phenoxy) is 1.